The minimum Gasteiger partial charge on any atom is -0.330 e. The molecule has 0 aliphatic heterocycles. The molecule has 34 heavy (non-hydrogen) atoms. The molecule has 0 radical (unpaired) electrons. The van der Waals surface area contributed by atoms with E-state index in [0.29, 0.717) is 25.3 Å². The molecule has 0 bridgehead atoms. The summed E-state index contributed by atoms with van der Waals surface area (Å²) in [5.41, 5.74) is 11.8. The number of amides is 2. The second-order valence-corrected chi connectivity index (χ2v) is 9.80. The zero-order chi connectivity index (χ0) is 25.3. The Hall–Kier alpha value is -1.96. The molecule has 0 aliphatic rings. The molecular formula is C27H48N4O3. The van der Waals surface area contributed by atoms with E-state index in [4.69, 9.17) is 5.73 Å². The minimum atomic E-state index is -0.588. The van der Waals surface area contributed by atoms with Gasteiger partial charge in [-0.15, -0.1) is 0 Å². The lowest BCUT2D eigenvalue weighted by Crippen LogP contribution is -2.50. The first kappa shape index (κ1) is 30.1. The van der Waals surface area contributed by atoms with Gasteiger partial charge < -0.3 is 5.73 Å². The van der Waals surface area contributed by atoms with Crippen molar-refractivity contribution in [3.63, 3.8) is 0 Å². The van der Waals surface area contributed by atoms with Gasteiger partial charge in [0, 0.05) is 13.1 Å². The summed E-state index contributed by atoms with van der Waals surface area (Å²) in [5, 5.41) is 11.5. The third-order valence-electron chi connectivity index (χ3n) is 6.60. The van der Waals surface area contributed by atoms with Crippen LogP contribution in [0.25, 0.3) is 0 Å². The Balaban J connectivity index is 2.98. The highest BCUT2D eigenvalue weighted by atomic mass is 16.5. The van der Waals surface area contributed by atoms with Gasteiger partial charge in [-0.05, 0) is 62.5 Å². The third-order valence-corrected chi connectivity index (χ3v) is 6.60. The summed E-state index contributed by atoms with van der Waals surface area (Å²) in [6, 6.07) is 10.1. The first-order chi connectivity index (χ1) is 16.4. The molecule has 1 aromatic rings. The molecule has 1 rings (SSSR count). The van der Waals surface area contributed by atoms with Crippen LogP contribution in [0.2, 0.25) is 0 Å². The number of hydrazine groups is 1. The molecule has 2 amide bonds. The van der Waals surface area contributed by atoms with Gasteiger partial charge in [0.25, 0.3) is 0 Å². The van der Waals surface area contributed by atoms with Crippen molar-refractivity contribution >= 4 is 11.8 Å². The average molecular weight is 477 g/mol. The van der Waals surface area contributed by atoms with Crippen LogP contribution in [0.15, 0.2) is 30.3 Å². The second-order valence-electron chi connectivity index (χ2n) is 9.80. The van der Waals surface area contributed by atoms with Gasteiger partial charge in [-0.2, -0.15) is 0 Å². The van der Waals surface area contributed by atoms with E-state index in [9.17, 15) is 14.8 Å². The van der Waals surface area contributed by atoms with Crippen molar-refractivity contribution in [3.05, 3.63) is 35.9 Å². The molecule has 2 atom stereocenters. The average Bonchev–Trinajstić information content (AvgIpc) is 2.83. The number of nitrogens with two attached hydrogens (primary N) is 1. The quantitative estimate of drug-likeness (QED) is 0.144. The minimum absolute atomic E-state index is 0.138. The van der Waals surface area contributed by atoms with Crippen LogP contribution in [0, 0.1) is 23.7 Å². The van der Waals surface area contributed by atoms with Crippen molar-refractivity contribution in [3.8, 4) is 0 Å². The molecule has 0 aromatic heterocycles. The number of hydrogen-bond donors (Lipinski definition) is 4. The number of benzene rings is 1. The molecule has 5 N–H and O–H groups in total. The first-order valence-electron chi connectivity index (χ1n) is 13.1. The van der Waals surface area contributed by atoms with Crippen LogP contribution in [0.3, 0.4) is 0 Å². The number of nitrogens with zero attached hydrogens (tertiary/aromatic N) is 1. The van der Waals surface area contributed by atoms with Gasteiger partial charge in [0.1, 0.15) is 0 Å². The van der Waals surface area contributed by atoms with Crippen LogP contribution in [0.5, 0.6) is 0 Å². The van der Waals surface area contributed by atoms with Crippen molar-refractivity contribution in [2.45, 2.75) is 79.1 Å². The Morgan fingerprint density at radius 2 is 1.68 bits per heavy atom. The monoisotopic (exact) mass is 476 g/mol. The number of unbranched alkanes of at least 4 members (excludes halogenated alkanes) is 1. The van der Waals surface area contributed by atoms with E-state index in [2.05, 4.69) is 45.3 Å². The van der Waals surface area contributed by atoms with E-state index >= 15 is 0 Å². The molecule has 0 spiro atoms. The van der Waals surface area contributed by atoms with Crippen molar-refractivity contribution < 1.29 is 14.8 Å². The SMILES string of the molecule is CCC(CC)CN(CCCCN)NC(=O)[C@H](CC(C)C)[C@H](CCCc1ccccc1)C(=O)NO. The summed E-state index contributed by atoms with van der Waals surface area (Å²) in [5.74, 6) is -0.992. The van der Waals surface area contributed by atoms with Gasteiger partial charge in [0.05, 0.1) is 11.8 Å². The van der Waals surface area contributed by atoms with E-state index in [0.717, 1.165) is 51.6 Å². The lowest BCUT2D eigenvalue weighted by molar-refractivity contribution is -0.143. The van der Waals surface area contributed by atoms with Crippen LogP contribution in [0.4, 0.5) is 0 Å². The highest BCUT2D eigenvalue weighted by Gasteiger charge is 2.34. The standard InChI is InChI=1S/C27H48N4O3/c1-5-22(6-2)20-31(18-11-10-17-28)29-26(32)25(19-21(3)4)24(27(33)30-34)16-12-15-23-13-8-7-9-14-23/h7-9,13-14,21-22,24-25,34H,5-6,10-12,15-20,28H2,1-4H3,(H,29,32)(H,30,33)/t24-,25+/m0/s1. The lowest BCUT2D eigenvalue weighted by atomic mass is 9.81. The van der Waals surface area contributed by atoms with Crippen molar-refractivity contribution in [2.24, 2.45) is 29.4 Å². The van der Waals surface area contributed by atoms with Crippen LogP contribution in [-0.4, -0.2) is 41.7 Å². The molecule has 0 aliphatic carbocycles. The Kier molecular flexibility index (Phi) is 15.5. The molecule has 0 fully saturated rings. The summed E-state index contributed by atoms with van der Waals surface area (Å²) in [4.78, 5) is 26.2. The Bertz CT molecular complexity index is 680. The molecule has 0 heterocycles. The smallest absolute Gasteiger partial charge is 0.247 e. The van der Waals surface area contributed by atoms with Crippen molar-refractivity contribution in [1.82, 2.24) is 15.9 Å². The molecule has 7 heteroatoms. The van der Waals surface area contributed by atoms with Gasteiger partial charge in [0.15, 0.2) is 0 Å². The van der Waals surface area contributed by atoms with E-state index in [1.54, 1.807) is 0 Å². The maximum absolute atomic E-state index is 13.5. The summed E-state index contributed by atoms with van der Waals surface area (Å²) >= 11 is 0. The van der Waals surface area contributed by atoms with Crippen LogP contribution >= 0.6 is 0 Å². The number of aryl methyl sites for hydroxylation is 1. The molecular weight excluding hydrogens is 428 g/mol. The number of rotatable bonds is 18. The molecule has 0 saturated heterocycles. The zero-order valence-corrected chi connectivity index (χ0v) is 21.8. The number of hydrogen-bond acceptors (Lipinski definition) is 5. The highest BCUT2D eigenvalue weighted by molar-refractivity contribution is 5.87. The normalized spacial score (nSPS) is 13.3. The number of hydroxylamine groups is 1. The van der Waals surface area contributed by atoms with E-state index in [-0.39, 0.29) is 11.8 Å². The van der Waals surface area contributed by atoms with Gasteiger partial charge in [0.2, 0.25) is 11.8 Å². The summed E-state index contributed by atoms with van der Waals surface area (Å²) < 4.78 is 0. The van der Waals surface area contributed by atoms with Crippen molar-refractivity contribution in [2.75, 3.05) is 19.6 Å². The first-order valence-corrected chi connectivity index (χ1v) is 13.1. The fourth-order valence-electron chi connectivity index (χ4n) is 4.47. The maximum atomic E-state index is 13.5. The van der Waals surface area contributed by atoms with Gasteiger partial charge in [-0.25, -0.2) is 10.5 Å². The Morgan fingerprint density at radius 3 is 2.24 bits per heavy atom. The largest absolute Gasteiger partial charge is 0.330 e. The van der Waals surface area contributed by atoms with Gasteiger partial charge >= 0.3 is 0 Å². The van der Waals surface area contributed by atoms with Crippen molar-refractivity contribution in [1.29, 1.82) is 0 Å². The fraction of sp³-hybridized carbons (Fsp3) is 0.704. The van der Waals surface area contributed by atoms with Crippen LogP contribution in [-0.2, 0) is 16.0 Å². The Labute approximate surface area is 206 Å². The van der Waals surface area contributed by atoms with Gasteiger partial charge in [-0.1, -0.05) is 70.9 Å². The molecule has 1 aromatic carbocycles. The third kappa shape index (κ3) is 11.4. The van der Waals surface area contributed by atoms with E-state index in [1.807, 2.05) is 28.7 Å². The lowest BCUT2D eigenvalue weighted by Gasteiger charge is -2.32. The predicted octanol–water partition coefficient (Wildman–Crippen LogP) is 4.30. The van der Waals surface area contributed by atoms with Crippen LogP contribution in [0.1, 0.15) is 78.2 Å². The number of carbonyl (C=O) groups is 2. The predicted molar refractivity (Wildman–Crippen MR) is 138 cm³/mol. The topological polar surface area (TPSA) is 108 Å². The van der Waals surface area contributed by atoms with Crippen LogP contribution < -0.4 is 16.6 Å². The summed E-state index contributed by atoms with van der Waals surface area (Å²) in [7, 11) is 0. The number of carbonyl (C=O) groups excluding carboxylic acids is 2. The summed E-state index contributed by atoms with van der Waals surface area (Å²) in [6.45, 7) is 10.6. The molecule has 194 valence electrons. The highest BCUT2D eigenvalue weighted by Crippen LogP contribution is 2.27. The molecule has 0 saturated carbocycles. The molecule has 0 unspecified atom stereocenters. The Morgan fingerprint density at radius 1 is 1.00 bits per heavy atom. The van der Waals surface area contributed by atoms with E-state index < -0.39 is 17.7 Å². The van der Waals surface area contributed by atoms with Gasteiger partial charge in [-0.3, -0.25) is 20.2 Å². The van der Waals surface area contributed by atoms with E-state index in [1.165, 1.54) is 5.56 Å². The fourth-order valence-corrected chi connectivity index (χ4v) is 4.47. The summed E-state index contributed by atoms with van der Waals surface area (Å²) in [6.07, 6.45) is 6.60. The molecule has 7 nitrogen and oxygen atoms in total. The zero-order valence-electron chi connectivity index (χ0n) is 21.8. The maximum Gasteiger partial charge on any atom is 0.247 e. The second kappa shape index (κ2) is 17.5. The number of nitrogens with one attached hydrogen (secondary N) is 2.